The van der Waals surface area contributed by atoms with Crippen LogP contribution in [-0.4, -0.2) is 19.1 Å². The second-order valence-corrected chi connectivity index (χ2v) is 4.57. The Bertz CT molecular complexity index is 562. The molecule has 0 N–H and O–H groups in total. The van der Waals surface area contributed by atoms with Crippen LogP contribution in [0.1, 0.15) is 10.4 Å². The van der Waals surface area contributed by atoms with E-state index in [2.05, 4.69) is 4.74 Å². The number of hydrogen-bond donors (Lipinski definition) is 0. The summed E-state index contributed by atoms with van der Waals surface area (Å²) >= 11 is 1.48. The Balaban J connectivity index is 2.29. The summed E-state index contributed by atoms with van der Waals surface area (Å²) < 4.78 is 41.1. The molecular weight excluding hydrogens is 277 g/mol. The van der Waals surface area contributed by atoms with Crippen molar-refractivity contribution < 1.29 is 22.7 Å². The van der Waals surface area contributed by atoms with E-state index in [9.17, 15) is 18.0 Å². The number of aldehydes is 1. The zero-order valence-corrected chi connectivity index (χ0v) is 10.4. The van der Waals surface area contributed by atoms with Crippen molar-refractivity contribution in [3.63, 3.8) is 0 Å². The van der Waals surface area contributed by atoms with Gasteiger partial charge in [-0.05, 0) is 40.1 Å². The quantitative estimate of drug-likeness (QED) is 0.788. The van der Waals surface area contributed by atoms with Crippen LogP contribution in [0.4, 0.5) is 13.2 Å². The van der Waals surface area contributed by atoms with Crippen molar-refractivity contribution in [2.24, 2.45) is 0 Å². The minimum Gasteiger partial charge on any atom is -0.483 e. The van der Waals surface area contributed by atoms with E-state index in [1.165, 1.54) is 23.5 Å². The number of alkyl halides is 3. The van der Waals surface area contributed by atoms with E-state index >= 15 is 0 Å². The SMILES string of the molecule is O=Cc1ccc(-c2ccsc2)cc1OCC(F)(F)F. The summed E-state index contributed by atoms with van der Waals surface area (Å²) in [6.45, 7) is -1.42. The Morgan fingerprint density at radius 2 is 2.00 bits per heavy atom. The van der Waals surface area contributed by atoms with Gasteiger partial charge in [0.25, 0.3) is 0 Å². The number of carbonyl (C=O) groups excluding carboxylic acids is 1. The first-order valence-corrected chi connectivity index (χ1v) is 6.25. The average molecular weight is 286 g/mol. The largest absolute Gasteiger partial charge is 0.483 e. The molecule has 0 aliphatic carbocycles. The fourth-order valence-corrected chi connectivity index (χ4v) is 2.19. The minimum absolute atomic E-state index is 0.0592. The van der Waals surface area contributed by atoms with Gasteiger partial charge in [-0.2, -0.15) is 24.5 Å². The Labute approximate surface area is 111 Å². The topological polar surface area (TPSA) is 26.3 Å². The van der Waals surface area contributed by atoms with E-state index in [0.29, 0.717) is 11.8 Å². The second-order valence-electron chi connectivity index (χ2n) is 3.79. The molecule has 0 saturated carbocycles. The van der Waals surface area contributed by atoms with Crippen molar-refractivity contribution in [3.05, 3.63) is 40.6 Å². The molecule has 0 unspecified atom stereocenters. The number of rotatable bonds is 4. The predicted octanol–water partition coefficient (Wildman–Crippen LogP) is 4.17. The lowest BCUT2D eigenvalue weighted by Gasteiger charge is -2.12. The lowest BCUT2D eigenvalue weighted by Crippen LogP contribution is -2.19. The van der Waals surface area contributed by atoms with Crippen LogP contribution in [0.5, 0.6) is 5.75 Å². The number of thiophene rings is 1. The molecule has 0 atom stereocenters. The smallest absolute Gasteiger partial charge is 0.422 e. The highest BCUT2D eigenvalue weighted by Crippen LogP contribution is 2.29. The van der Waals surface area contributed by atoms with Crippen LogP contribution in [-0.2, 0) is 0 Å². The third-order valence-electron chi connectivity index (χ3n) is 2.39. The predicted molar refractivity (Wildman–Crippen MR) is 66.7 cm³/mol. The Kier molecular flexibility index (Phi) is 3.90. The summed E-state index contributed by atoms with van der Waals surface area (Å²) in [6, 6.07) is 6.41. The Morgan fingerprint density at radius 3 is 2.58 bits per heavy atom. The van der Waals surface area contributed by atoms with Gasteiger partial charge in [0, 0.05) is 0 Å². The first-order chi connectivity index (χ1) is 8.99. The third-order valence-corrected chi connectivity index (χ3v) is 3.07. The molecule has 2 rings (SSSR count). The van der Waals surface area contributed by atoms with Gasteiger partial charge in [-0.25, -0.2) is 0 Å². The highest BCUT2D eigenvalue weighted by atomic mass is 32.1. The van der Waals surface area contributed by atoms with Gasteiger partial charge >= 0.3 is 6.18 Å². The summed E-state index contributed by atoms with van der Waals surface area (Å²) in [5.74, 6) is -0.0592. The van der Waals surface area contributed by atoms with Gasteiger partial charge in [-0.15, -0.1) is 0 Å². The Hall–Kier alpha value is -1.82. The zero-order chi connectivity index (χ0) is 13.9. The summed E-state index contributed by atoms with van der Waals surface area (Å²) in [5.41, 5.74) is 1.69. The molecule has 1 aromatic heterocycles. The fourth-order valence-electron chi connectivity index (χ4n) is 1.52. The number of benzene rings is 1. The first kappa shape index (κ1) is 13.6. The molecule has 0 radical (unpaired) electrons. The van der Waals surface area contributed by atoms with Gasteiger partial charge < -0.3 is 4.74 Å². The van der Waals surface area contributed by atoms with Gasteiger partial charge in [0.2, 0.25) is 0 Å². The van der Waals surface area contributed by atoms with Gasteiger partial charge in [0.15, 0.2) is 12.9 Å². The molecule has 19 heavy (non-hydrogen) atoms. The summed E-state index contributed by atoms with van der Waals surface area (Å²) in [6.07, 6.45) is -3.96. The molecule has 0 aliphatic rings. The minimum atomic E-state index is -4.43. The monoisotopic (exact) mass is 286 g/mol. The highest BCUT2D eigenvalue weighted by Gasteiger charge is 2.28. The molecule has 6 heteroatoms. The second kappa shape index (κ2) is 5.44. The summed E-state index contributed by atoms with van der Waals surface area (Å²) in [7, 11) is 0. The van der Waals surface area contributed by atoms with E-state index in [-0.39, 0.29) is 11.3 Å². The van der Waals surface area contributed by atoms with E-state index < -0.39 is 12.8 Å². The van der Waals surface area contributed by atoms with E-state index in [0.717, 1.165) is 5.56 Å². The third kappa shape index (κ3) is 3.57. The van der Waals surface area contributed by atoms with E-state index in [4.69, 9.17) is 0 Å². The zero-order valence-electron chi connectivity index (χ0n) is 9.61. The maximum Gasteiger partial charge on any atom is 0.422 e. The van der Waals surface area contributed by atoms with Crippen molar-refractivity contribution >= 4 is 17.6 Å². The average Bonchev–Trinajstić information content (AvgIpc) is 2.89. The van der Waals surface area contributed by atoms with Gasteiger partial charge in [-0.3, -0.25) is 4.79 Å². The number of carbonyl (C=O) groups is 1. The van der Waals surface area contributed by atoms with Crippen molar-refractivity contribution in [2.75, 3.05) is 6.61 Å². The molecule has 1 aromatic carbocycles. The number of ether oxygens (including phenoxy) is 1. The van der Waals surface area contributed by atoms with Gasteiger partial charge in [0.1, 0.15) is 5.75 Å². The van der Waals surface area contributed by atoms with Crippen molar-refractivity contribution in [1.29, 1.82) is 0 Å². The molecule has 100 valence electrons. The molecule has 0 aliphatic heterocycles. The first-order valence-electron chi connectivity index (χ1n) is 5.31. The molecular formula is C13H9F3O2S. The summed E-state index contributed by atoms with van der Waals surface area (Å²) in [5, 5.41) is 3.72. The normalized spacial score (nSPS) is 11.3. The van der Waals surface area contributed by atoms with E-state index in [1.54, 1.807) is 6.07 Å². The van der Waals surface area contributed by atoms with Gasteiger partial charge in [-0.1, -0.05) is 6.07 Å². The summed E-state index contributed by atoms with van der Waals surface area (Å²) in [4.78, 5) is 10.8. The van der Waals surface area contributed by atoms with Crippen LogP contribution in [0, 0.1) is 0 Å². The van der Waals surface area contributed by atoms with Gasteiger partial charge in [0.05, 0.1) is 5.56 Å². The maximum atomic E-state index is 12.1. The molecule has 0 amide bonds. The van der Waals surface area contributed by atoms with Crippen molar-refractivity contribution in [2.45, 2.75) is 6.18 Å². The molecule has 1 heterocycles. The van der Waals surface area contributed by atoms with Crippen LogP contribution in [0.15, 0.2) is 35.0 Å². The van der Waals surface area contributed by atoms with Crippen LogP contribution in [0.3, 0.4) is 0 Å². The highest BCUT2D eigenvalue weighted by molar-refractivity contribution is 7.08. The fraction of sp³-hybridized carbons (Fsp3) is 0.154. The molecule has 2 aromatic rings. The van der Waals surface area contributed by atoms with E-state index in [1.807, 2.05) is 16.8 Å². The molecule has 0 bridgehead atoms. The van der Waals surface area contributed by atoms with Crippen LogP contribution in [0.2, 0.25) is 0 Å². The Morgan fingerprint density at radius 1 is 1.21 bits per heavy atom. The van der Waals surface area contributed by atoms with Crippen LogP contribution in [0.25, 0.3) is 11.1 Å². The van der Waals surface area contributed by atoms with Crippen molar-refractivity contribution in [1.82, 2.24) is 0 Å². The molecule has 2 nitrogen and oxygen atoms in total. The lowest BCUT2D eigenvalue weighted by atomic mass is 10.1. The van der Waals surface area contributed by atoms with Crippen LogP contribution >= 0.6 is 11.3 Å². The maximum absolute atomic E-state index is 12.1. The number of hydrogen-bond acceptors (Lipinski definition) is 3. The van der Waals surface area contributed by atoms with Crippen LogP contribution < -0.4 is 4.74 Å². The number of halogens is 3. The lowest BCUT2D eigenvalue weighted by molar-refractivity contribution is -0.153. The molecule has 0 fully saturated rings. The molecule has 0 saturated heterocycles. The molecule has 0 spiro atoms. The van der Waals surface area contributed by atoms with Crippen molar-refractivity contribution in [3.8, 4) is 16.9 Å². The standard InChI is InChI=1S/C13H9F3O2S/c14-13(15,16)8-18-12-5-9(1-2-10(12)6-17)11-3-4-19-7-11/h1-7H,8H2.